The molecule has 2 fully saturated rings. The van der Waals surface area contributed by atoms with Crippen LogP contribution in [0.5, 0.6) is 0 Å². The van der Waals surface area contributed by atoms with Gasteiger partial charge in [0.1, 0.15) is 11.4 Å². The molecule has 0 bridgehead atoms. The fourth-order valence-electron chi connectivity index (χ4n) is 5.51. The summed E-state index contributed by atoms with van der Waals surface area (Å²) < 4.78 is 21.7. The van der Waals surface area contributed by atoms with Crippen LogP contribution in [0, 0.1) is 5.82 Å². The topological polar surface area (TPSA) is 75.5 Å². The van der Waals surface area contributed by atoms with E-state index in [1.165, 1.54) is 6.07 Å². The molecule has 1 saturated carbocycles. The zero-order chi connectivity index (χ0) is 25.3. The Kier molecular flexibility index (Phi) is 6.83. The molecule has 2 aliphatic rings. The molecule has 9 heteroatoms. The largest absolute Gasteiger partial charge is 0.444 e. The average molecular weight is 495 g/mol. The number of fused-ring (bicyclic) bond motifs is 1. The van der Waals surface area contributed by atoms with E-state index in [9.17, 15) is 9.18 Å². The third kappa shape index (κ3) is 5.46. The molecule has 3 heterocycles. The summed E-state index contributed by atoms with van der Waals surface area (Å²) in [4.78, 5) is 17.0. The highest BCUT2D eigenvalue weighted by Crippen LogP contribution is 2.34. The highest BCUT2D eigenvalue weighted by Gasteiger charge is 2.29. The normalized spacial score (nSPS) is 21.5. The summed E-state index contributed by atoms with van der Waals surface area (Å²) in [5, 5.41) is 11.5. The quantitative estimate of drug-likeness (QED) is 0.536. The van der Waals surface area contributed by atoms with Crippen molar-refractivity contribution < 1.29 is 13.9 Å². The molecule has 1 aliphatic heterocycles. The lowest BCUT2D eigenvalue weighted by Gasteiger charge is -2.42. The minimum Gasteiger partial charge on any atom is -0.444 e. The maximum atomic E-state index is 14.1. The first-order chi connectivity index (χ1) is 17.3. The molecule has 2 aromatic heterocycles. The van der Waals surface area contributed by atoms with Crippen LogP contribution in [-0.2, 0) is 4.74 Å². The first kappa shape index (κ1) is 24.5. The predicted molar refractivity (Wildman–Crippen MR) is 139 cm³/mol. The number of halogens is 1. The Morgan fingerprint density at radius 1 is 1.06 bits per heavy atom. The maximum absolute atomic E-state index is 14.1. The van der Waals surface area contributed by atoms with Gasteiger partial charge in [-0.25, -0.2) is 9.18 Å². The number of hydrogen-bond acceptors (Lipinski definition) is 6. The average Bonchev–Trinajstić information content (AvgIpc) is 3.29. The van der Waals surface area contributed by atoms with E-state index in [4.69, 9.17) is 4.74 Å². The van der Waals surface area contributed by atoms with Crippen molar-refractivity contribution in [2.24, 2.45) is 0 Å². The van der Waals surface area contributed by atoms with E-state index in [2.05, 4.69) is 29.9 Å². The number of ether oxygens (including phenoxy) is 1. The van der Waals surface area contributed by atoms with Gasteiger partial charge >= 0.3 is 6.09 Å². The van der Waals surface area contributed by atoms with Gasteiger partial charge in [-0.3, -0.25) is 10.2 Å². The molecule has 36 heavy (non-hydrogen) atoms. The molecule has 1 saturated heterocycles. The summed E-state index contributed by atoms with van der Waals surface area (Å²) in [7, 11) is 0. The molecule has 0 unspecified atom stereocenters. The van der Waals surface area contributed by atoms with Gasteiger partial charge in [-0.1, -0.05) is 6.07 Å². The van der Waals surface area contributed by atoms with Crippen molar-refractivity contribution in [2.75, 3.05) is 36.4 Å². The third-order valence-electron chi connectivity index (χ3n) is 7.23. The lowest BCUT2D eigenvalue weighted by atomic mass is 9.89. The van der Waals surface area contributed by atoms with Gasteiger partial charge < -0.3 is 14.2 Å². The van der Waals surface area contributed by atoms with Crippen LogP contribution in [0.1, 0.15) is 52.5 Å². The summed E-state index contributed by atoms with van der Waals surface area (Å²) in [5.41, 5.74) is 1.38. The minimum atomic E-state index is -0.571. The van der Waals surface area contributed by atoms with E-state index in [0.29, 0.717) is 23.3 Å². The van der Waals surface area contributed by atoms with Crippen molar-refractivity contribution in [1.82, 2.24) is 19.7 Å². The molecule has 5 rings (SSSR count). The Bertz CT molecular complexity index is 1210. The third-order valence-corrected chi connectivity index (χ3v) is 7.23. The van der Waals surface area contributed by atoms with Crippen LogP contribution in [0.4, 0.5) is 20.7 Å². The number of anilines is 2. The van der Waals surface area contributed by atoms with E-state index < -0.39 is 11.7 Å². The van der Waals surface area contributed by atoms with Gasteiger partial charge in [0.25, 0.3) is 0 Å². The summed E-state index contributed by atoms with van der Waals surface area (Å²) in [6, 6.07) is 10.1. The smallest absolute Gasteiger partial charge is 0.413 e. The van der Waals surface area contributed by atoms with Crippen molar-refractivity contribution in [2.45, 2.75) is 64.1 Å². The van der Waals surface area contributed by atoms with E-state index in [1.807, 2.05) is 45.2 Å². The molecule has 0 spiro atoms. The molecule has 1 N–H and O–H groups in total. The van der Waals surface area contributed by atoms with Crippen LogP contribution in [0.3, 0.4) is 0 Å². The second kappa shape index (κ2) is 10.0. The van der Waals surface area contributed by atoms with Gasteiger partial charge in [0.15, 0.2) is 5.82 Å². The Hall–Kier alpha value is -3.20. The van der Waals surface area contributed by atoms with Gasteiger partial charge in [-0.15, -0.1) is 5.10 Å². The summed E-state index contributed by atoms with van der Waals surface area (Å²) in [6.45, 7) is 9.25. The Balaban J connectivity index is 1.13. The molecule has 3 aromatic rings. The van der Waals surface area contributed by atoms with Crippen LogP contribution in [0.15, 0.2) is 42.7 Å². The molecule has 1 aromatic carbocycles. The Labute approximate surface area is 211 Å². The van der Waals surface area contributed by atoms with E-state index in [1.54, 1.807) is 12.3 Å². The van der Waals surface area contributed by atoms with Crippen LogP contribution in [0.25, 0.3) is 10.9 Å². The molecule has 0 atom stereocenters. The highest BCUT2D eigenvalue weighted by atomic mass is 19.1. The van der Waals surface area contributed by atoms with Crippen LogP contribution in [-0.4, -0.2) is 63.6 Å². The van der Waals surface area contributed by atoms with E-state index >= 15 is 0 Å². The maximum Gasteiger partial charge on any atom is 0.413 e. The molecule has 1 aliphatic carbocycles. The zero-order valence-electron chi connectivity index (χ0n) is 21.3. The molecule has 192 valence electrons. The highest BCUT2D eigenvalue weighted by molar-refractivity contribution is 5.84. The van der Waals surface area contributed by atoms with Gasteiger partial charge in [0.2, 0.25) is 0 Å². The van der Waals surface area contributed by atoms with Crippen LogP contribution >= 0.6 is 0 Å². The lowest BCUT2D eigenvalue weighted by molar-refractivity contribution is 0.0635. The summed E-state index contributed by atoms with van der Waals surface area (Å²) in [6.07, 6.45) is 7.78. The Morgan fingerprint density at radius 3 is 2.50 bits per heavy atom. The number of carbonyl (C=O) groups excluding carboxylic acids is 1. The van der Waals surface area contributed by atoms with Gasteiger partial charge in [0.05, 0.1) is 17.4 Å². The van der Waals surface area contributed by atoms with Gasteiger partial charge in [-0.2, -0.15) is 5.10 Å². The zero-order valence-corrected chi connectivity index (χ0v) is 21.3. The first-order valence-electron chi connectivity index (χ1n) is 12.8. The first-order valence-corrected chi connectivity index (χ1v) is 12.8. The van der Waals surface area contributed by atoms with Crippen molar-refractivity contribution in [3.05, 3.63) is 48.5 Å². The number of nitrogens with one attached hydrogen (secondary N) is 1. The van der Waals surface area contributed by atoms with Gasteiger partial charge in [0, 0.05) is 55.9 Å². The fourth-order valence-corrected chi connectivity index (χ4v) is 5.51. The number of benzene rings is 1. The second-order valence-electron chi connectivity index (χ2n) is 10.8. The number of carbonyl (C=O) groups is 1. The predicted octanol–water partition coefficient (Wildman–Crippen LogP) is 5.22. The number of hydrogen-bond donors (Lipinski definition) is 1. The number of aromatic nitrogens is 3. The van der Waals surface area contributed by atoms with Crippen molar-refractivity contribution in [3.8, 4) is 0 Å². The molecular weight excluding hydrogens is 459 g/mol. The Morgan fingerprint density at radius 2 is 1.78 bits per heavy atom. The second-order valence-corrected chi connectivity index (χ2v) is 10.8. The van der Waals surface area contributed by atoms with Gasteiger partial charge in [-0.05, 0) is 64.7 Å². The number of nitrogens with zero attached hydrogens (tertiary/aromatic N) is 5. The summed E-state index contributed by atoms with van der Waals surface area (Å²) in [5.74, 6) is 0.245. The number of rotatable bonds is 4. The van der Waals surface area contributed by atoms with Crippen molar-refractivity contribution in [1.29, 1.82) is 0 Å². The standard InChI is InChI=1S/C27H35FN6O2/c1-27(2,3)36-26(35)30-25-17-21(18-29-31-25)33-15-13-32(14-16-33)19-7-9-20(10-8-19)34-12-11-22-23(28)5-4-6-24(22)34/h4-6,11-12,17-20H,7-10,13-16H2,1-3H3,(H,30,31,35)/t19-,20+. The fraction of sp³-hybridized carbons (Fsp3) is 0.519. The van der Waals surface area contributed by atoms with Crippen LogP contribution in [0.2, 0.25) is 0 Å². The number of piperazine rings is 1. The summed E-state index contributed by atoms with van der Waals surface area (Å²) >= 11 is 0. The van der Waals surface area contributed by atoms with Crippen molar-refractivity contribution >= 4 is 28.5 Å². The van der Waals surface area contributed by atoms with E-state index in [0.717, 1.165) is 63.1 Å². The van der Waals surface area contributed by atoms with Crippen molar-refractivity contribution in [3.63, 3.8) is 0 Å². The SMILES string of the molecule is CC(C)(C)OC(=O)Nc1cc(N2CCN([C@H]3CC[C@@H](n4ccc5c(F)cccc54)CC3)CC2)cnn1. The van der Waals surface area contributed by atoms with Crippen LogP contribution < -0.4 is 10.2 Å². The minimum absolute atomic E-state index is 0.144. The molecule has 0 radical (unpaired) electrons. The lowest BCUT2D eigenvalue weighted by Crippen LogP contribution is -2.51. The number of amides is 1. The molecular formula is C27H35FN6O2. The monoisotopic (exact) mass is 494 g/mol. The molecule has 8 nitrogen and oxygen atoms in total. The van der Waals surface area contributed by atoms with E-state index in [-0.39, 0.29) is 5.82 Å². The molecule has 1 amide bonds.